The number of nitrogens with zero attached hydrogens (tertiary/aromatic N) is 2. The van der Waals surface area contributed by atoms with E-state index in [-0.39, 0.29) is 5.41 Å². The predicted octanol–water partition coefficient (Wildman–Crippen LogP) is 7.69. The van der Waals surface area contributed by atoms with Crippen molar-refractivity contribution in [3.8, 4) is 0 Å². The second-order valence-corrected chi connectivity index (χ2v) is 11.6. The third-order valence-electron chi connectivity index (χ3n) is 9.24. The Hall–Kier alpha value is -3.13. The molecule has 2 aromatic carbocycles. The zero-order chi connectivity index (χ0) is 23.7. The van der Waals surface area contributed by atoms with E-state index in [1.54, 1.807) is 16.7 Å². The van der Waals surface area contributed by atoms with Crippen molar-refractivity contribution < 1.29 is 0 Å². The Morgan fingerprint density at radius 3 is 2.83 bits per heavy atom. The number of fused-ring (bicyclic) bond motifs is 7. The van der Waals surface area contributed by atoms with Crippen molar-refractivity contribution in [1.29, 1.82) is 0 Å². The first-order valence-corrected chi connectivity index (χ1v) is 13.4. The number of aliphatic imine (C=N–C) groups is 1. The molecular formula is C33H34N2. The van der Waals surface area contributed by atoms with Crippen molar-refractivity contribution in [1.82, 2.24) is 0 Å². The molecule has 2 heteroatoms. The van der Waals surface area contributed by atoms with E-state index in [1.807, 2.05) is 6.21 Å². The maximum atomic E-state index is 4.55. The van der Waals surface area contributed by atoms with Crippen LogP contribution in [0.4, 0.5) is 5.69 Å². The zero-order valence-corrected chi connectivity index (χ0v) is 21.1. The zero-order valence-electron chi connectivity index (χ0n) is 21.1. The SMILES string of the molecule is CC1CN=CC=C1N1CC2CC(=C3C4=CC(CCC=C4)C(C)(C)c4cccc2c43)c2ccccc21. The van der Waals surface area contributed by atoms with Crippen molar-refractivity contribution in [2.24, 2.45) is 16.8 Å². The van der Waals surface area contributed by atoms with Gasteiger partial charge in [0.25, 0.3) is 0 Å². The molecule has 35 heavy (non-hydrogen) atoms. The number of hydrogen-bond acceptors (Lipinski definition) is 2. The fourth-order valence-electron chi connectivity index (χ4n) is 7.33. The number of benzene rings is 2. The molecule has 3 atom stereocenters. The van der Waals surface area contributed by atoms with E-state index in [1.165, 1.54) is 40.1 Å². The highest BCUT2D eigenvalue weighted by molar-refractivity contribution is 6.06. The van der Waals surface area contributed by atoms with E-state index in [0.29, 0.717) is 17.8 Å². The molecule has 2 heterocycles. The molecule has 4 bridgehead atoms. The van der Waals surface area contributed by atoms with Crippen molar-refractivity contribution in [3.05, 3.63) is 100 Å². The summed E-state index contributed by atoms with van der Waals surface area (Å²) in [7, 11) is 0. The van der Waals surface area contributed by atoms with Crippen LogP contribution in [0.25, 0.3) is 11.1 Å². The Morgan fingerprint density at radius 1 is 1.06 bits per heavy atom. The summed E-state index contributed by atoms with van der Waals surface area (Å²) in [5, 5.41) is 0. The lowest BCUT2D eigenvalue weighted by molar-refractivity contribution is 0.364. The first-order valence-electron chi connectivity index (χ1n) is 13.4. The highest BCUT2D eigenvalue weighted by Crippen LogP contribution is 2.56. The van der Waals surface area contributed by atoms with Gasteiger partial charge in [0.15, 0.2) is 0 Å². The fraction of sp³-hybridized carbons (Fsp3) is 0.364. The van der Waals surface area contributed by atoms with E-state index in [4.69, 9.17) is 0 Å². The first-order chi connectivity index (χ1) is 17.0. The Morgan fingerprint density at radius 2 is 1.94 bits per heavy atom. The summed E-state index contributed by atoms with van der Waals surface area (Å²) in [6.07, 6.45) is 15.2. The van der Waals surface area contributed by atoms with Crippen LogP contribution < -0.4 is 4.90 Å². The number of hydrogen-bond donors (Lipinski definition) is 0. The van der Waals surface area contributed by atoms with Gasteiger partial charge in [-0.15, -0.1) is 0 Å². The Balaban J connectivity index is 1.56. The van der Waals surface area contributed by atoms with Gasteiger partial charge in [-0.25, -0.2) is 0 Å². The van der Waals surface area contributed by atoms with Crippen LogP contribution in [0, 0.1) is 11.8 Å². The van der Waals surface area contributed by atoms with Crippen molar-refractivity contribution in [2.45, 2.75) is 51.4 Å². The molecular weight excluding hydrogens is 424 g/mol. The van der Waals surface area contributed by atoms with Crippen molar-refractivity contribution in [3.63, 3.8) is 0 Å². The van der Waals surface area contributed by atoms with Crippen molar-refractivity contribution in [2.75, 3.05) is 18.0 Å². The summed E-state index contributed by atoms with van der Waals surface area (Å²) in [6, 6.07) is 16.3. The Bertz CT molecular complexity index is 1380. The molecule has 2 nitrogen and oxygen atoms in total. The van der Waals surface area contributed by atoms with Crippen LogP contribution >= 0.6 is 0 Å². The van der Waals surface area contributed by atoms with Crippen LogP contribution in [0.5, 0.6) is 0 Å². The molecule has 0 amide bonds. The molecule has 3 unspecified atom stereocenters. The molecule has 0 spiro atoms. The van der Waals surface area contributed by atoms with Gasteiger partial charge in [-0.1, -0.05) is 75.4 Å². The number of dihydropyridines is 1. The highest BCUT2D eigenvalue weighted by Gasteiger charge is 2.42. The fourth-order valence-corrected chi connectivity index (χ4v) is 7.33. The minimum Gasteiger partial charge on any atom is -0.344 e. The molecule has 3 aliphatic carbocycles. The van der Waals surface area contributed by atoms with Gasteiger partial charge in [0.1, 0.15) is 0 Å². The second kappa shape index (κ2) is 7.68. The maximum absolute atomic E-state index is 4.55. The van der Waals surface area contributed by atoms with Gasteiger partial charge in [-0.2, -0.15) is 0 Å². The monoisotopic (exact) mass is 458 g/mol. The number of allylic oxidation sites excluding steroid dienone is 7. The molecule has 5 aliphatic rings. The number of rotatable bonds is 1. The smallest absolute Gasteiger partial charge is 0.0485 e. The normalized spacial score (nSPS) is 27.7. The minimum absolute atomic E-state index is 0.113. The molecule has 0 saturated heterocycles. The topological polar surface area (TPSA) is 15.6 Å². The lowest BCUT2D eigenvalue weighted by Crippen LogP contribution is -2.33. The maximum Gasteiger partial charge on any atom is 0.0485 e. The number of para-hydroxylation sites is 1. The third kappa shape index (κ3) is 3.05. The largest absolute Gasteiger partial charge is 0.344 e. The summed E-state index contributed by atoms with van der Waals surface area (Å²) in [6.45, 7) is 9.17. The summed E-state index contributed by atoms with van der Waals surface area (Å²) in [4.78, 5) is 7.17. The minimum atomic E-state index is 0.113. The first kappa shape index (κ1) is 21.2. The highest BCUT2D eigenvalue weighted by atomic mass is 15.2. The van der Waals surface area contributed by atoms with E-state index in [0.717, 1.165) is 25.9 Å². The molecule has 0 N–H and O–H groups in total. The van der Waals surface area contributed by atoms with Crippen LogP contribution in [0.3, 0.4) is 0 Å². The molecule has 176 valence electrons. The second-order valence-electron chi connectivity index (χ2n) is 11.6. The molecule has 0 radical (unpaired) electrons. The molecule has 2 aromatic rings. The molecule has 0 saturated carbocycles. The van der Waals surface area contributed by atoms with E-state index < -0.39 is 0 Å². The third-order valence-corrected chi connectivity index (χ3v) is 9.24. The molecule has 0 aromatic heterocycles. The Labute approximate surface area is 209 Å². The summed E-state index contributed by atoms with van der Waals surface area (Å²) in [5.41, 5.74) is 13.4. The van der Waals surface area contributed by atoms with Gasteiger partial charge < -0.3 is 4.90 Å². The van der Waals surface area contributed by atoms with Crippen LogP contribution in [0.1, 0.15) is 68.2 Å². The Kier molecular flexibility index (Phi) is 4.65. The quantitative estimate of drug-likeness (QED) is 0.428. The summed E-state index contributed by atoms with van der Waals surface area (Å²) >= 11 is 0. The van der Waals surface area contributed by atoms with E-state index in [9.17, 15) is 0 Å². The molecule has 7 rings (SSSR count). The average molecular weight is 459 g/mol. The van der Waals surface area contributed by atoms with Gasteiger partial charge in [0.2, 0.25) is 0 Å². The van der Waals surface area contributed by atoms with E-state index >= 15 is 0 Å². The average Bonchev–Trinajstić information content (AvgIpc) is 3.24. The molecule has 0 fully saturated rings. The van der Waals surface area contributed by atoms with Crippen LogP contribution in [0.2, 0.25) is 0 Å². The number of anilines is 1. The van der Waals surface area contributed by atoms with Gasteiger partial charge in [0.05, 0.1) is 0 Å². The van der Waals surface area contributed by atoms with Gasteiger partial charge in [-0.05, 0) is 76.1 Å². The van der Waals surface area contributed by atoms with Gasteiger partial charge in [0, 0.05) is 48.1 Å². The lowest BCUT2D eigenvalue weighted by atomic mass is 9.67. The van der Waals surface area contributed by atoms with Crippen LogP contribution in [0.15, 0.2) is 83.0 Å². The van der Waals surface area contributed by atoms with Crippen LogP contribution in [-0.4, -0.2) is 19.3 Å². The summed E-state index contributed by atoms with van der Waals surface area (Å²) < 4.78 is 0. The standard InChI is InChI=1S/C33H34N2/c1-21-19-34-16-15-29(21)35-20-23-18-27(26-11-6-7-14-30(26)35)31-22-9-4-5-10-24(17-22)33(2,3)28-13-8-12-25(23)32(28)31/h4,6-9,11-17,21,23-24H,5,10,18-20H2,1-3H3. The van der Waals surface area contributed by atoms with Gasteiger partial charge in [-0.3, -0.25) is 4.99 Å². The van der Waals surface area contributed by atoms with Crippen LogP contribution in [-0.2, 0) is 5.41 Å². The summed E-state index contributed by atoms with van der Waals surface area (Å²) in [5.74, 6) is 1.46. The molecule has 2 aliphatic heterocycles. The lowest BCUT2D eigenvalue weighted by Gasteiger charge is -2.37. The van der Waals surface area contributed by atoms with Crippen molar-refractivity contribution >= 4 is 23.0 Å². The van der Waals surface area contributed by atoms with E-state index in [2.05, 4.69) is 97.4 Å². The van der Waals surface area contributed by atoms with Gasteiger partial charge >= 0.3 is 0 Å². The predicted molar refractivity (Wildman–Crippen MR) is 148 cm³/mol.